The van der Waals surface area contributed by atoms with E-state index in [2.05, 4.69) is 10.4 Å². The number of carbonyl (C=O) groups is 1. The van der Waals surface area contributed by atoms with Crippen molar-refractivity contribution < 1.29 is 13.9 Å². The van der Waals surface area contributed by atoms with Crippen LogP contribution in [0.2, 0.25) is 5.02 Å². The summed E-state index contributed by atoms with van der Waals surface area (Å²) in [5, 5.41) is 7.15. The van der Waals surface area contributed by atoms with E-state index < -0.39 is 5.82 Å². The van der Waals surface area contributed by atoms with E-state index in [1.165, 1.54) is 6.07 Å². The first-order valence-corrected chi connectivity index (χ1v) is 7.88. The highest BCUT2D eigenvalue weighted by Gasteiger charge is 2.28. The number of amides is 1. The van der Waals surface area contributed by atoms with Gasteiger partial charge in [-0.2, -0.15) is 5.10 Å². The second-order valence-corrected chi connectivity index (χ2v) is 5.80. The summed E-state index contributed by atoms with van der Waals surface area (Å²) in [4.78, 5) is 12.4. The van der Waals surface area contributed by atoms with Gasteiger partial charge in [-0.05, 0) is 37.1 Å². The van der Waals surface area contributed by atoms with Crippen molar-refractivity contribution in [3.8, 4) is 17.0 Å². The summed E-state index contributed by atoms with van der Waals surface area (Å²) in [6.07, 6.45) is 0.816. The third-order valence-corrected chi connectivity index (χ3v) is 4.04. The Morgan fingerprint density at radius 1 is 1.52 bits per heavy atom. The maximum Gasteiger partial charge on any atom is 0.272 e. The highest BCUT2D eigenvalue weighted by Crippen LogP contribution is 2.38. The first-order valence-electron chi connectivity index (χ1n) is 7.50. The SMILES string of the molecule is CCNC(=O)c1nn2c(c1-c1cc(F)c(Cl)cc1C)OCCC2. The maximum absolute atomic E-state index is 14.0. The fraction of sp³-hybridized carbons (Fsp3) is 0.375. The molecule has 1 aliphatic heterocycles. The highest BCUT2D eigenvalue weighted by atomic mass is 35.5. The Morgan fingerprint density at radius 3 is 3.04 bits per heavy atom. The Morgan fingerprint density at radius 2 is 2.30 bits per heavy atom. The zero-order valence-corrected chi connectivity index (χ0v) is 13.7. The van der Waals surface area contributed by atoms with Crippen LogP contribution in [-0.2, 0) is 6.54 Å². The molecular weight excluding hydrogens is 321 g/mol. The van der Waals surface area contributed by atoms with Crippen molar-refractivity contribution in [2.45, 2.75) is 26.8 Å². The molecule has 0 aliphatic carbocycles. The van der Waals surface area contributed by atoms with Gasteiger partial charge < -0.3 is 10.1 Å². The fourth-order valence-electron chi connectivity index (χ4n) is 2.69. The van der Waals surface area contributed by atoms with Gasteiger partial charge in [0.05, 0.1) is 17.2 Å². The normalized spacial score (nSPS) is 13.4. The number of hydrogen-bond donors (Lipinski definition) is 1. The summed E-state index contributed by atoms with van der Waals surface area (Å²) in [5.74, 6) is -0.338. The van der Waals surface area contributed by atoms with Gasteiger partial charge >= 0.3 is 0 Å². The second-order valence-electron chi connectivity index (χ2n) is 5.39. The molecule has 2 heterocycles. The van der Waals surface area contributed by atoms with Crippen LogP contribution in [0.5, 0.6) is 5.88 Å². The smallest absolute Gasteiger partial charge is 0.272 e. The van der Waals surface area contributed by atoms with Crippen LogP contribution in [0.25, 0.3) is 11.1 Å². The summed E-state index contributed by atoms with van der Waals surface area (Å²) in [5.41, 5.74) is 2.08. The van der Waals surface area contributed by atoms with Crippen molar-refractivity contribution in [2.75, 3.05) is 13.2 Å². The maximum atomic E-state index is 14.0. The Bertz CT molecular complexity index is 773. The van der Waals surface area contributed by atoms with Gasteiger partial charge in [0.1, 0.15) is 5.82 Å². The van der Waals surface area contributed by atoms with Crippen LogP contribution in [0.4, 0.5) is 4.39 Å². The fourth-order valence-corrected chi connectivity index (χ4v) is 2.91. The molecule has 122 valence electrons. The van der Waals surface area contributed by atoms with Crippen LogP contribution < -0.4 is 10.1 Å². The van der Waals surface area contributed by atoms with Crippen molar-refractivity contribution in [1.29, 1.82) is 0 Å². The van der Waals surface area contributed by atoms with Crippen molar-refractivity contribution >= 4 is 17.5 Å². The lowest BCUT2D eigenvalue weighted by molar-refractivity contribution is 0.0950. The lowest BCUT2D eigenvalue weighted by atomic mass is 9.99. The van der Waals surface area contributed by atoms with E-state index in [1.807, 2.05) is 13.8 Å². The zero-order valence-electron chi connectivity index (χ0n) is 12.9. The van der Waals surface area contributed by atoms with Crippen LogP contribution in [0.3, 0.4) is 0 Å². The van der Waals surface area contributed by atoms with E-state index in [9.17, 15) is 9.18 Å². The Hall–Kier alpha value is -2.08. The van der Waals surface area contributed by atoms with Gasteiger partial charge in [-0.25, -0.2) is 9.07 Å². The third kappa shape index (κ3) is 2.79. The van der Waals surface area contributed by atoms with E-state index >= 15 is 0 Å². The zero-order chi connectivity index (χ0) is 16.6. The predicted octanol–water partition coefficient (Wildman–Crippen LogP) is 3.18. The summed E-state index contributed by atoms with van der Waals surface area (Å²) < 4.78 is 21.3. The standard InChI is InChI=1S/C16H17ClFN3O2/c1-3-19-15(22)14-13(16-21(20-14)5-4-6-23-16)10-8-12(18)11(17)7-9(10)2/h7-8H,3-6H2,1-2H3,(H,19,22). The lowest BCUT2D eigenvalue weighted by Gasteiger charge is -2.17. The number of benzene rings is 1. The van der Waals surface area contributed by atoms with E-state index in [1.54, 1.807) is 10.7 Å². The molecular formula is C16H17ClFN3O2. The van der Waals surface area contributed by atoms with E-state index in [0.29, 0.717) is 36.7 Å². The predicted molar refractivity (Wildman–Crippen MR) is 85.5 cm³/mol. The highest BCUT2D eigenvalue weighted by molar-refractivity contribution is 6.30. The molecule has 1 aromatic carbocycles. The number of ether oxygens (including phenoxy) is 1. The molecule has 0 saturated heterocycles. The van der Waals surface area contributed by atoms with E-state index in [4.69, 9.17) is 16.3 Å². The number of nitrogens with zero attached hydrogens (tertiary/aromatic N) is 2. The molecule has 0 spiro atoms. The van der Waals surface area contributed by atoms with Gasteiger partial charge in [0.2, 0.25) is 5.88 Å². The molecule has 23 heavy (non-hydrogen) atoms. The number of aryl methyl sites for hydroxylation is 2. The number of carbonyl (C=O) groups excluding carboxylic acids is 1. The third-order valence-electron chi connectivity index (χ3n) is 3.75. The second kappa shape index (κ2) is 6.20. The average molecular weight is 338 g/mol. The minimum absolute atomic E-state index is 0.0489. The molecule has 3 rings (SSSR count). The topological polar surface area (TPSA) is 56.2 Å². The number of nitrogens with one attached hydrogen (secondary N) is 1. The average Bonchev–Trinajstić information content (AvgIpc) is 2.90. The van der Waals surface area contributed by atoms with E-state index in [-0.39, 0.29) is 16.6 Å². The van der Waals surface area contributed by atoms with Crippen molar-refractivity contribution in [3.63, 3.8) is 0 Å². The number of aromatic nitrogens is 2. The van der Waals surface area contributed by atoms with Gasteiger partial charge in [-0.1, -0.05) is 11.6 Å². The Labute approximate surface area is 138 Å². The minimum Gasteiger partial charge on any atom is -0.477 e. The van der Waals surface area contributed by atoms with Crippen molar-refractivity contribution in [2.24, 2.45) is 0 Å². The summed E-state index contributed by atoms with van der Waals surface area (Å²) in [7, 11) is 0. The molecule has 0 bridgehead atoms. The molecule has 1 amide bonds. The first kappa shape index (κ1) is 15.8. The largest absolute Gasteiger partial charge is 0.477 e. The number of rotatable bonds is 3. The van der Waals surface area contributed by atoms with Crippen LogP contribution >= 0.6 is 11.6 Å². The van der Waals surface area contributed by atoms with Gasteiger partial charge in [0.25, 0.3) is 5.91 Å². The van der Waals surface area contributed by atoms with Crippen LogP contribution in [0.15, 0.2) is 12.1 Å². The quantitative estimate of drug-likeness (QED) is 0.935. The van der Waals surface area contributed by atoms with E-state index in [0.717, 1.165) is 12.0 Å². The first-order chi connectivity index (χ1) is 11.0. The molecule has 1 aliphatic rings. The monoisotopic (exact) mass is 337 g/mol. The number of halogens is 2. The minimum atomic E-state index is -0.537. The number of fused-ring (bicyclic) bond motifs is 1. The van der Waals surface area contributed by atoms with Gasteiger partial charge in [0.15, 0.2) is 5.69 Å². The summed E-state index contributed by atoms with van der Waals surface area (Å²) >= 11 is 5.84. The Kier molecular flexibility index (Phi) is 4.26. The van der Waals surface area contributed by atoms with Crippen LogP contribution in [-0.4, -0.2) is 28.8 Å². The molecule has 0 radical (unpaired) electrons. The molecule has 1 N–H and O–H groups in total. The molecule has 1 aromatic heterocycles. The molecule has 0 unspecified atom stereocenters. The van der Waals surface area contributed by atoms with Crippen LogP contribution in [0, 0.1) is 12.7 Å². The van der Waals surface area contributed by atoms with Crippen LogP contribution in [0.1, 0.15) is 29.4 Å². The molecule has 0 fully saturated rings. The van der Waals surface area contributed by atoms with Gasteiger partial charge in [-0.15, -0.1) is 0 Å². The molecule has 2 aromatic rings. The molecule has 7 heteroatoms. The molecule has 0 atom stereocenters. The summed E-state index contributed by atoms with van der Waals surface area (Å²) in [6.45, 7) is 5.33. The van der Waals surface area contributed by atoms with Gasteiger partial charge in [-0.3, -0.25) is 4.79 Å². The molecule has 5 nitrogen and oxygen atoms in total. The Balaban J connectivity index is 2.23. The lowest BCUT2D eigenvalue weighted by Crippen LogP contribution is -2.24. The van der Waals surface area contributed by atoms with Crippen molar-refractivity contribution in [1.82, 2.24) is 15.1 Å². The van der Waals surface area contributed by atoms with Crippen molar-refractivity contribution in [3.05, 3.63) is 34.2 Å². The van der Waals surface area contributed by atoms with Gasteiger partial charge in [0, 0.05) is 19.5 Å². The summed E-state index contributed by atoms with van der Waals surface area (Å²) in [6, 6.07) is 2.87. The number of hydrogen-bond acceptors (Lipinski definition) is 3. The molecule has 0 saturated carbocycles.